The number of hydrogen-bond acceptors (Lipinski definition) is 3. The maximum Gasteiger partial charge on any atom is 0.125 e. The summed E-state index contributed by atoms with van der Waals surface area (Å²) < 4.78 is 12.4. The number of hydrogen-bond donors (Lipinski definition) is 1. The summed E-state index contributed by atoms with van der Waals surface area (Å²) >= 11 is 3.61. The summed E-state index contributed by atoms with van der Waals surface area (Å²) in [4.78, 5) is 0. The molecule has 3 nitrogen and oxygen atoms in total. The Labute approximate surface area is 133 Å². The van der Waals surface area contributed by atoms with E-state index in [0.29, 0.717) is 0 Å². The molecule has 1 unspecified atom stereocenters. The van der Waals surface area contributed by atoms with Gasteiger partial charge in [0.05, 0.1) is 12.9 Å². The van der Waals surface area contributed by atoms with E-state index in [9.17, 15) is 0 Å². The van der Waals surface area contributed by atoms with E-state index in [1.165, 1.54) is 16.7 Å². The molecule has 1 atom stereocenters. The third-order valence-corrected chi connectivity index (χ3v) is 4.43. The summed E-state index contributed by atoms with van der Waals surface area (Å²) in [5, 5.41) is 3.55. The van der Waals surface area contributed by atoms with Gasteiger partial charge < -0.3 is 14.5 Å². The monoisotopic (exact) mass is 349 g/mol. The summed E-state index contributed by atoms with van der Waals surface area (Å²) in [7, 11) is 0. The maximum atomic E-state index is 5.84. The Morgan fingerprint density at radius 1 is 1.38 bits per heavy atom. The lowest BCUT2D eigenvalue weighted by Crippen LogP contribution is -2.23. The fraction of sp³-hybridized carbons (Fsp3) is 0.412. The van der Waals surface area contributed by atoms with Gasteiger partial charge in [0.2, 0.25) is 0 Å². The number of aryl methyl sites for hydroxylation is 1. The third kappa shape index (κ3) is 3.01. The highest BCUT2D eigenvalue weighted by Crippen LogP contribution is 2.35. The third-order valence-electron chi connectivity index (χ3n) is 3.97. The van der Waals surface area contributed by atoms with E-state index in [0.717, 1.165) is 42.0 Å². The van der Waals surface area contributed by atoms with Crippen LogP contribution in [0.1, 0.15) is 35.4 Å². The first-order valence-corrected chi connectivity index (χ1v) is 8.19. The standard InChI is InChI=1S/C17H20BrNO2/c1-3-19-16(15-5-7-20-11(15)2)10-13-9-14(18)8-12-4-6-21-17(12)13/h5,7-9,16,19H,3-4,6,10H2,1-2H3. The second kappa shape index (κ2) is 6.24. The Morgan fingerprint density at radius 2 is 2.24 bits per heavy atom. The molecule has 0 saturated carbocycles. The molecule has 0 fully saturated rings. The molecule has 3 rings (SSSR count). The Kier molecular flexibility index (Phi) is 4.36. The zero-order valence-corrected chi connectivity index (χ0v) is 14.0. The van der Waals surface area contributed by atoms with Crippen LogP contribution < -0.4 is 10.1 Å². The van der Waals surface area contributed by atoms with Gasteiger partial charge in [-0.25, -0.2) is 0 Å². The van der Waals surface area contributed by atoms with Gasteiger partial charge in [-0.1, -0.05) is 22.9 Å². The van der Waals surface area contributed by atoms with E-state index >= 15 is 0 Å². The summed E-state index contributed by atoms with van der Waals surface area (Å²) in [6, 6.07) is 6.64. The smallest absolute Gasteiger partial charge is 0.125 e. The Hall–Kier alpha value is -1.26. The first kappa shape index (κ1) is 14.7. The molecule has 1 aliphatic rings. The molecule has 4 heteroatoms. The Balaban J connectivity index is 1.92. The van der Waals surface area contributed by atoms with E-state index in [2.05, 4.69) is 46.4 Å². The van der Waals surface area contributed by atoms with Crippen LogP contribution in [0.4, 0.5) is 0 Å². The molecule has 21 heavy (non-hydrogen) atoms. The predicted octanol–water partition coefficient (Wildman–Crippen LogP) is 4.18. The van der Waals surface area contributed by atoms with Crippen molar-refractivity contribution >= 4 is 15.9 Å². The molecule has 2 aromatic rings. The zero-order valence-electron chi connectivity index (χ0n) is 12.4. The molecule has 1 N–H and O–H groups in total. The van der Waals surface area contributed by atoms with Gasteiger partial charge >= 0.3 is 0 Å². The number of likely N-dealkylation sites (N-methyl/N-ethyl adjacent to an activating group) is 1. The van der Waals surface area contributed by atoms with Crippen LogP contribution in [-0.2, 0) is 12.8 Å². The van der Waals surface area contributed by atoms with Crippen molar-refractivity contribution in [3.05, 3.63) is 51.4 Å². The largest absolute Gasteiger partial charge is 0.493 e. The number of nitrogens with one attached hydrogen (secondary N) is 1. The van der Waals surface area contributed by atoms with Crippen LogP contribution >= 0.6 is 15.9 Å². The van der Waals surface area contributed by atoms with Crippen LogP contribution in [-0.4, -0.2) is 13.2 Å². The van der Waals surface area contributed by atoms with E-state index in [-0.39, 0.29) is 6.04 Å². The highest BCUT2D eigenvalue weighted by molar-refractivity contribution is 9.10. The molecular formula is C17H20BrNO2. The van der Waals surface area contributed by atoms with Gasteiger partial charge in [0.25, 0.3) is 0 Å². The second-order valence-corrected chi connectivity index (χ2v) is 6.31. The highest BCUT2D eigenvalue weighted by atomic mass is 79.9. The average Bonchev–Trinajstić information content (AvgIpc) is 3.06. The normalized spacial score (nSPS) is 14.8. The predicted molar refractivity (Wildman–Crippen MR) is 86.9 cm³/mol. The molecular weight excluding hydrogens is 330 g/mol. The van der Waals surface area contributed by atoms with Crippen LogP contribution in [0, 0.1) is 6.92 Å². The second-order valence-electron chi connectivity index (χ2n) is 5.40. The fourth-order valence-corrected chi connectivity index (χ4v) is 3.56. The van der Waals surface area contributed by atoms with Gasteiger partial charge in [-0.05, 0) is 49.2 Å². The van der Waals surface area contributed by atoms with Crippen molar-refractivity contribution in [2.75, 3.05) is 13.2 Å². The average molecular weight is 350 g/mol. The van der Waals surface area contributed by atoms with E-state index in [1.54, 1.807) is 6.26 Å². The van der Waals surface area contributed by atoms with Crippen molar-refractivity contribution in [1.82, 2.24) is 5.32 Å². The van der Waals surface area contributed by atoms with Crippen molar-refractivity contribution in [1.29, 1.82) is 0 Å². The van der Waals surface area contributed by atoms with Crippen LogP contribution in [0.3, 0.4) is 0 Å². The number of ether oxygens (including phenoxy) is 1. The molecule has 2 heterocycles. The van der Waals surface area contributed by atoms with Gasteiger partial charge in [-0.3, -0.25) is 0 Å². The minimum absolute atomic E-state index is 0.247. The molecule has 0 amide bonds. The lowest BCUT2D eigenvalue weighted by atomic mass is 9.97. The molecule has 0 saturated heterocycles. The van der Waals surface area contributed by atoms with Crippen molar-refractivity contribution in [3.63, 3.8) is 0 Å². The quantitative estimate of drug-likeness (QED) is 0.879. The lowest BCUT2D eigenvalue weighted by Gasteiger charge is -2.19. The Bertz CT molecular complexity index is 636. The number of halogens is 1. The summed E-state index contributed by atoms with van der Waals surface area (Å²) in [6.07, 6.45) is 3.66. The van der Waals surface area contributed by atoms with Crippen LogP contribution in [0.15, 0.2) is 33.4 Å². The first-order chi connectivity index (χ1) is 10.2. The molecule has 112 valence electrons. The lowest BCUT2D eigenvalue weighted by molar-refractivity contribution is 0.351. The highest BCUT2D eigenvalue weighted by Gasteiger charge is 2.22. The molecule has 1 aromatic carbocycles. The molecule has 1 aliphatic heterocycles. The number of rotatable bonds is 5. The van der Waals surface area contributed by atoms with Crippen molar-refractivity contribution in [3.8, 4) is 5.75 Å². The van der Waals surface area contributed by atoms with Crippen molar-refractivity contribution in [2.24, 2.45) is 0 Å². The van der Waals surface area contributed by atoms with Crippen LogP contribution in [0.25, 0.3) is 0 Å². The number of fused-ring (bicyclic) bond motifs is 1. The minimum Gasteiger partial charge on any atom is -0.493 e. The first-order valence-electron chi connectivity index (χ1n) is 7.40. The zero-order chi connectivity index (χ0) is 14.8. The van der Waals surface area contributed by atoms with E-state index in [1.807, 2.05) is 6.92 Å². The van der Waals surface area contributed by atoms with Gasteiger partial charge in [0.15, 0.2) is 0 Å². The summed E-state index contributed by atoms with van der Waals surface area (Å²) in [5.74, 6) is 2.05. The topological polar surface area (TPSA) is 34.4 Å². The number of furan rings is 1. The maximum absolute atomic E-state index is 5.84. The van der Waals surface area contributed by atoms with Crippen LogP contribution in [0.5, 0.6) is 5.75 Å². The van der Waals surface area contributed by atoms with Crippen LogP contribution in [0.2, 0.25) is 0 Å². The van der Waals surface area contributed by atoms with Gasteiger partial charge in [0, 0.05) is 22.5 Å². The molecule has 0 spiro atoms. The van der Waals surface area contributed by atoms with Crippen molar-refractivity contribution < 1.29 is 9.15 Å². The molecule has 0 aliphatic carbocycles. The molecule has 0 bridgehead atoms. The van der Waals surface area contributed by atoms with Crippen molar-refractivity contribution in [2.45, 2.75) is 32.7 Å². The van der Waals surface area contributed by atoms with E-state index in [4.69, 9.17) is 9.15 Å². The molecule has 0 radical (unpaired) electrons. The van der Waals surface area contributed by atoms with E-state index < -0.39 is 0 Å². The minimum atomic E-state index is 0.247. The SMILES string of the molecule is CCNC(Cc1cc(Br)cc2c1OCC2)c1ccoc1C. The fourth-order valence-electron chi connectivity index (χ4n) is 3.01. The molecule has 1 aromatic heterocycles. The van der Waals surface area contributed by atoms with Gasteiger partial charge in [0.1, 0.15) is 11.5 Å². The van der Waals surface area contributed by atoms with Gasteiger partial charge in [-0.15, -0.1) is 0 Å². The summed E-state index contributed by atoms with van der Waals surface area (Å²) in [5.41, 5.74) is 3.78. The Morgan fingerprint density at radius 3 is 2.95 bits per heavy atom. The summed E-state index contributed by atoms with van der Waals surface area (Å²) in [6.45, 7) is 5.85. The van der Waals surface area contributed by atoms with Gasteiger partial charge in [-0.2, -0.15) is 0 Å². The number of benzene rings is 1.